The Balaban J connectivity index is 2.80. The Labute approximate surface area is 93.9 Å². The van der Waals surface area contributed by atoms with Crippen molar-refractivity contribution in [1.82, 2.24) is 9.97 Å². The van der Waals surface area contributed by atoms with Gasteiger partial charge in [-0.3, -0.25) is 0 Å². The van der Waals surface area contributed by atoms with Crippen molar-refractivity contribution in [3.05, 3.63) is 17.5 Å². The molecule has 0 fully saturated rings. The zero-order valence-electron chi connectivity index (χ0n) is 9.27. The molecule has 1 unspecified atom stereocenters. The Kier molecular flexibility index (Phi) is 4.64. The predicted octanol–water partition coefficient (Wildman–Crippen LogP) is 0.0759. The summed E-state index contributed by atoms with van der Waals surface area (Å²) in [7, 11) is 1.54. The van der Waals surface area contributed by atoms with Crippen LogP contribution in [0, 0.1) is 18.3 Å². The lowest BCUT2D eigenvalue weighted by Gasteiger charge is -2.15. The predicted molar refractivity (Wildman–Crippen MR) is 57.9 cm³/mol. The second kappa shape index (κ2) is 6.00. The number of rotatable bonds is 5. The molecule has 0 saturated heterocycles. The van der Waals surface area contributed by atoms with E-state index in [9.17, 15) is 0 Å². The summed E-state index contributed by atoms with van der Waals surface area (Å²) >= 11 is 0. The number of aliphatic hydroxyl groups is 1. The molecule has 0 bridgehead atoms. The van der Waals surface area contributed by atoms with Crippen LogP contribution in [0.2, 0.25) is 0 Å². The highest BCUT2D eigenvalue weighted by atomic mass is 16.5. The average Bonchev–Trinajstić information content (AvgIpc) is 2.27. The minimum Gasteiger partial charge on any atom is -0.394 e. The van der Waals surface area contributed by atoms with Crippen molar-refractivity contribution in [3.63, 3.8) is 0 Å². The third-order valence-electron chi connectivity index (χ3n) is 1.89. The maximum Gasteiger partial charge on any atom is 0.224 e. The molecule has 0 aliphatic rings. The molecular weight excluding hydrogens is 208 g/mol. The highest BCUT2D eigenvalue weighted by molar-refractivity contribution is 5.33. The molecule has 2 N–H and O–H groups in total. The maximum atomic E-state index is 9.05. The van der Waals surface area contributed by atoms with Crippen LogP contribution in [-0.2, 0) is 4.74 Å². The van der Waals surface area contributed by atoms with E-state index in [1.807, 2.05) is 6.07 Å². The summed E-state index contributed by atoms with van der Waals surface area (Å²) in [6.45, 7) is 2.03. The summed E-state index contributed by atoms with van der Waals surface area (Å²) in [5, 5.41) is 20.7. The van der Waals surface area contributed by atoms with Crippen LogP contribution in [0.3, 0.4) is 0 Å². The summed E-state index contributed by atoms with van der Waals surface area (Å²) in [5.74, 6) is 0.327. The summed E-state index contributed by atoms with van der Waals surface area (Å²) in [6.07, 6.45) is 0. The molecule has 0 aromatic carbocycles. The molecular formula is C10H14N4O2. The molecule has 16 heavy (non-hydrogen) atoms. The van der Waals surface area contributed by atoms with Crippen molar-refractivity contribution in [3.8, 4) is 6.07 Å². The summed E-state index contributed by atoms with van der Waals surface area (Å²) in [4.78, 5) is 8.08. The number of aromatic nitrogens is 2. The first-order valence-electron chi connectivity index (χ1n) is 4.81. The van der Waals surface area contributed by atoms with Gasteiger partial charge in [-0.05, 0) is 13.0 Å². The van der Waals surface area contributed by atoms with Crippen molar-refractivity contribution in [2.75, 3.05) is 25.6 Å². The Morgan fingerprint density at radius 3 is 2.94 bits per heavy atom. The second-order valence-electron chi connectivity index (χ2n) is 3.31. The van der Waals surface area contributed by atoms with Gasteiger partial charge >= 0.3 is 0 Å². The van der Waals surface area contributed by atoms with Crippen LogP contribution in [0.4, 0.5) is 5.95 Å². The van der Waals surface area contributed by atoms with E-state index >= 15 is 0 Å². The fraction of sp³-hybridized carbons (Fsp3) is 0.500. The van der Waals surface area contributed by atoms with E-state index in [1.54, 1.807) is 20.1 Å². The number of hydrogen-bond acceptors (Lipinski definition) is 6. The van der Waals surface area contributed by atoms with Crippen molar-refractivity contribution >= 4 is 5.95 Å². The van der Waals surface area contributed by atoms with Crippen LogP contribution in [0.25, 0.3) is 0 Å². The number of hydrogen-bond donors (Lipinski definition) is 2. The van der Waals surface area contributed by atoms with Crippen molar-refractivity contribution < 1.29 is 9.84 Å². The number of nitrogens with zero attached hydrogens (tertiary/aromatic N) is 3. The van der Waals surface area contributed by atoms with Gasteiger partial charge in [0.1, 0.15) is 11.8 Å². The fourth-order valence-corrected chi connectivity index (χ4v) is 1.21. The summed E-state index contributed by atoms with van der Waals surface area (Å²) < 4.78 is 4.91. The Morgan fingerprint density at radius 2 is 2.38 bits per heavy atom. The molecule has 86 valence electrons. The zero-order chi connectivity index (χ0) is 12.0. The largest absolute Gasteiger partial charge is 0.394 e. The second-order valence-corrected chi connectivity index (χ2v) is 3.31. The van der Waals surface area contributed by atoms with E-state index in [0.29, 0.717) is 23.9 Å². The average molecular weight is 222 g/mol. The Hall–Kier alpha value is -1.71. The van der Waals surface area contributed by atoms with E-state index in [1.165, 1.54) is 0 Å². The molecule has 1 atom stereocenters. The first kappa shape index (κ1) is 12.4. The van der Waals surface area contributed by atoms with Crippen LogP contribution in [-0.4, -0.2) is 41.4 Å². The van der Waals surface area contributed by atoms with E-state index < -0.39 is 0 Å². The number of aryl methyl sites for hydroxylation is 1. The van der Waals surface area contributed by atoms with Gasteiger partial charge in [-0.15, -0.1) is 0 Å². The molecule has 1 aromatic rings. The smallest absolute Gasteiger partial charge is 0.224 e. The van der Waals surface area contributed by atoms with Gasteiger partial charge in [0.15, 0.2) is 0 Å². The molecule has 0 spiro atoms. The molecule has 1 aromatic heterocycles. The van der Waals surface area contributed by atoms with Gasteiger partial charge in [0.2, 0.25) is 5.95 Å². The zero-order valence-corrected chi connectivity index (χ0v) is 9.27. The Bertz CT molecular complexity index is 389. The van der Waals surface area contributed by atoms with E-state index in [-0.39, 0.29) is 12.6 Å². The third-order valence-corrected chi connectivity index (χ3v) is 1.89. The molecule has 6 heteroatoms. The van der Waals surface area contributed by atoms with Gasteiger partial charge in [-0.2, -0.15) is 5.26 Å². The number of methoxy groups -OCH3 is 1. The van der Waals surface area contributed by atoms with Crippen molar-refractivity contribution in [2.24, 2.45) is 0 Å². The van der Waals surface area contributed by atoms with Crippen LogP contribution in [0.15, 0.2) is 6.07 Å². The topological polar surface area (TPSA) is 91.1 Å². The van der Waals surface area contributed by atoms with Crippen LogP contribution >= 0.6 is 0 Å². The monoisotopic (exact) mass is 222 g/mol. The SMILES string of the molecule is COCC(CO)Nc1nc(C)cc(C#N)n1. The molecule has 0 amide bonds. The van der Waals surface area contributed by atoms with E-state index in [0.717, 1.165) is 0 Å². The van der Waals surface area contributed by atoms with Gasteiger partial charge in [0.05, 0.1) is 19.3 Å². The first-order chi connectivity index (χ1) is 7.69. The highest BCUT2D eigenvalue weighted by Crippen LogP contribution is 2.05. The van der Waals surface area contributed by atoms with Gasteiger partial charge < -0.3 is 15.2 Å². The van der Waals surface area contributed by atoms with Crippen LogP contribution in [0.5, 0.6) is 0 Å². The standard InChI is InChI=1S/C10H14N4O2/c1-7-3-8(4-11)13-10(12-7)14-9(5-15)6-16-2/h3,9,15H,5-6H2,1-2H3,(H,12,13,14). The van der Waals surface area contributed by atoms with E-state index in [4.69, 9.17) is 15.1 Å². The lowest BCUT2D eigenvalue weighted by Crippen LogP contribution is -2.29. The quantitative estimate of drug-likeness (QED) is 0.733. The molecule has 1 rings (SSSR count). The molecule has 0 radical (unpaired) electrons. The van der Waals surface area contributed by atoms with E-state index in [2.05, 4.69) is 15.3 Å². The molecule has 0 aliphatic heterocycles. The number of anilines is 1. The number of aliphatic hydroxyl groups excluding tert-OH is 1. The highest BCUT2D eigenvalue weighted by Gasteiger charge is 2.09. The lowest BCUT2D eigenvalue weighted by molar-refractivity contribution is 0.153. The normalized spacial score (nSPS) is 11.9. The summed E-state index contributed by atoms with van der Waals surface area (Å²) in [5.41, 5.74) is 0.993. The number of ether oxygens (including phenoxy) is 1. The Morgan fingerprint density at radius 1 is 1.62 bits per heavy atom. The van der Waals surface area contributed by atoms with Gasteiger partial charge in [0.25, 0.3) is 0 Å². The van der Waals surface area contributed by atoms with Gasteiger partial charge in [-0.25, -0.2) is 9.97 Å². The minimum absolute atomic E-state index is 0.0902. The first-order valence-corrected chi connectivity index (χ1v) is 4.81. The lowest BCUT2D eigenvalue weighted by atomic mass is 10.3. The molecule has 0 aliphatic carbocycles. The minimum atomic E-state index is -0.279. The molecule has 0 saturated carbocycles. The fourth-order valence-electron chi connectivity index (χ4n) is 1.21. The number of nitriles is 1. The maximum absolute atomic E-state index is 9.05. The molecule has 1 heterocycles. The van der Waals surface area contributed by atoms with Gasteiger partial charge in [0, 0.05) is 12.8 Å². The van der Waals surface area contributed by atoms with Crippen molar-refractivity contribution in [2.45, 2.75) is 13.0 Å². The van der Waals surface area contributed by atoms with Gasteiger partial charge in [-0.1, -0.05) is 0 Å². The molecule has 6 nitrogen and oxygen atoms in total. The van der Waals surface area contributed by atoms with Crippen LogP contribution in [0.1, 0.15) is 11.4 Å². The van der Waals surface area contributed by atoms with Crippen molar-refractivity contribution in [1.29, 1.82) is 5.26 Å². The summed E-state index contributed by atoms with van der Waals surface area (Å²) in [6, 6.07) is 3.26. The number of nitrogens with one attached hydrogen (secondary N) is 1. The van der Waals surface area contributed by atoms with Crippen LogP contribution < -0.4 is 5.32 Å². The third kappa shape index (κ3) is 3.46.